The van der Waals surface area contributed by atoms with Crippen LogP contribution in [0.5, 0.6) is 0 Å². The molecule has 0 unspecified atom stereocenters. The van der Waals surface area contributed by atoms with Gasteiger partial charge < -0.3 is 5.11 Å². The van der Waals surface area contributed by atoms with Crippen molar-refractivity contribution in [3.8, 4) is 0 Å². The molecule has 0 bridgehead atoms. The van der Waals surface area contributed by atoms with Crippen LogP contribution in [0, 0.1) is 11.8 Å². The number of unbranched alkanes of at least 4 members (excludes halogenated alkanes) is 4. The third-order valence-corrected chi connectivity index (χ3v) is 4.52. The summed E-state index contributed by atoms with van der Waals surface area (Å²) in [6, 6.07) is 0. The van der Waals surface area contributed by atoms with Crippen molar-refractivity contribution in [2.24, 2.45) is 11.8 Å². The Balaban J connectivity index is 2.01. The van der Waals surface area contributed by atoms with Gasteiger partial charge in [0.1, 0.15) is 0 Å². The first kappa shape index (κ1) is 19.2. The van der Waals surface area contributed by atoms with Gasteiger partial charge >= 0.3 is 0 Å². The Morgan fingerprint density at radius 1 is 0.909 bits per heavy atom. The lowest BCUT2D eigenvalue weighted by atomic mass is 10.1. The molecule has 1 heteroatoms. The minimum absolute atomic E-state index is 0.266. The zero-order valence-electron chi connectivity index (χ0n) is 14.7. The summed E-state index contributed by atoms with van der Waals surface area (Å²) in [6.45, 7) is 4.44. The summed E-state index contributed by atoms with van der Waals surface area (Å²) in [5.41, 5.74) is 0. The average Bonchev–Trinajstić information content (AvgIpc) is 3.25. The van der Waals surface area contributed by atoms with Gasteiger partial charge in [-0.15, -0.1) is 0 Å². The molecule has 3 atom stereocenters. The van der Waals surface area contributed by atoms with Crippen molar-refractivity contribution >= 4 is 0 Å². The molecule has 0 aromatic carbocycles. The van der Waals surface area contributed by atoms with Crippen LogP contribution < -0.4 is 0 Å². The van der Waals surface area contributed by atoms with Crippen molar-refractivity contribution < 1.29 is 5.11 Å². The van der Waals surface area contributed by atoms with Gasteiger partial charge in [-0.3, -0.25) is 0 Å². The first-order valence-corrected chi connectivity index (χ1v) is 9.44. The number of rotatable bonds is 13. The van der Waals surface area contributed by atoms with E-state index in [1.807, 2.05) is 12.2 Å². The molecule has 0 amide bonds. The van der Waals surface area contributed by atoms with E-state index < -0.39 is 0 Å². The quantitative estimate of drug-likeness (QED) is 0.244. The fourth-order valence-corrected chi connectivity index (χ4v) is 2.82. The van der Waals surface area contributed by atoms with Crippen molar-refractivity contribution in [1.29, 1.82) is 0 Å². The summed E-state index contributed by atoms with van der Waals surface area (Å²) >= 11 is 0. The second kappa shape index (κ2) is 12.7. The van der Waals surface area contributed by atoms with E-state index in [-0.39, 0.29) is 6.10 Å². The third kappa shape index (κ3) is 10.00. The van der Waals surface area contributed by atoms with Gasteiger partial charge in [0.2, 0.25) is 0 Å². The molecule has 0 spiro atoms. The van der Waals surface area contributed by atoms with Gasteiger partial charge in [0, 0.05) is 0 Å². The molecule has 0 aromatic rings. The topological polar surface area (TPSA) is 20.2 Å². The lowest BCUT2D eigenvalue weighted by molar-refractivity contribution is 0.208. The highest BCUT2D eigenvalue weighted by atomic mass is 16.3. The van der Waals surface area contributed by atoms with Gasteiger partial charge in [-0.2, -0.15) is 0 Å². The number of hydrogen-bond donors (Lipinski definition) is 1. The van der Waals surface area contributed by atoms with Crippen LogP contribution in [-0.2, 0) is 0 Å². The molecule has 126 valence electrons. The van der Waals surface area contributed by atoms with Crippen LogP contribution in [0.25, 0.3) is 0 Å². The second-order valence-electron chi connectivity index (χ2n) is 6.72. The van der Waals surface area contributed by atoms with Crippen molar-refractivity contribution in [2.45, 2.75) is 84.2 Å². The molecular formula is C21H36O. The lowest BCUT2D eigenvalue weighted by Crippen LogP contribution is -2.00. The normalized spacial score (nSPS) is 23.0. The van der Waals surface area contributed by atoms with Crippen molar-refractivity contribution in [3.63, 3.8) is 0 Å². The van der Waals surface area contributed by atoms with Crippen LogP contribution in [0.2, 0.25) is 0 Å². The summed E-state index contributed by atoms with van der Waals surface area (Å²) in [5, 5.41) is 9.77. The zero-order chi connectivity index (χ0) is 16.0. The van der Waals surface area contributed by atoms with E-state index in [2.05, 4.69) is 38.2 Å². The van der Waals surface area contributed by atoms with Gasteiger partial charge in [-0.25, -0.2) is 0 Å². The Bertz CT molecular complexity index is 340. The van der Waals surface area contributed by atoms with Crippen molar-refractivity contribution in [1.82, 2.24) is 0 Å². The molecule has 0 radical (unpaired) electrons. The van der Waals surface area contributed by atoms with E-state index in [0.717, 1.165) is 24.7 Å². The fraction of sp³-hybridized carbons (Fsp3) is 0.714. The van der Waals surface area contributed by atoms with Crippen LogP contribution in [0.1, 0.15) is 78.1 Å². The van der Waals surface area contributed by atoms with Gasteiger partial charge in [-0.05, 0) is 43.9 Å². The zero-order valence-corrected chi connectivity index (χ0v) is 14.7. The van der Waals surface area contributed by atoms with Gasteiger partial charge in [0.15, 0.2) is 0 Å². The van der Waals surface area contributed by atoms with Crippen molar-refractivity contribution in [3.05, 3.63) is 36.5 Å². The standard InChI is InChI=1S/C21H36O/c1-3-5-7-8-11-14-19-18-20(19)15-12-9-13-17-21(22)16-10-6-4-2/h8-9,11-13,17,19-22H,3-7,10,14-16,18H2,1-2H3/b11-8-,12-9-,17-13+/t19-,20-,21+/m1/s1. The minimum Gasteiger partial charge on any atom is -0.389 e. The van der Waals surface area contributed by atoms with Crippen LogP contribution >= 0.6 is 0 Å². The van der Waals surface area contributed by atoms with Gasteiger partial charge in [0.05, 0.1) is 6.10 Å². The van der Waals surface area contributed by atoms with E-state index in [9.17, 15) is 5.11 Å². The number of allylic oxidation sites excluding steroid dienone is 5. The summed E-state index contributed by atoms with van der Waals surface area (Å²) in [6.07, 6.45) is 25.0. The highest BCUT2D eigenvalue weighted by Gasteiger charge is 2.34. The molecule has 1 aliphatic carbocycles. The van der Waals surface area contributed by atoms with Crippen LogP contribution in [0.3, 0.4) is 0 Å². The first-order valence-electron chi connectivity index (χ1n) is 9.44. The molecule has 1 fully saturated rings. The maximum absolute atomic E-state index is 9.77. The predicted molar refractivity (Wildman–Crippen MR) is 97.9 cm³/mol. The second-order valence-corrected chi connectivity index (χ2v) is 6.72. The predicted octanol–water partition coefficient (Wildman–Crippen LogP) is 6.20. The van der Waals surface area contributed by atoms with Crippen LogP contribution in [0.4, 0.5) is 0 Å². The number of aliphatic hydroxyl groups is 1. The van der Waals surface area contributed by atoms with Crippen LogP contribution in [-0.4, -0.2) is 11.2 Å². The minimum atomic E-state index is -0.266. The van der Waals surface area contributed by atoms with Crippen molar-refractivity contribution in [2.75, 3.05) is 0 Å². The van der Waals surface area contributed by atoms with E-state index in [1.165, 1.54) is 51.4 Å². The Kier molecular flexibility index (Phi) is 11.1. The highest BCUT2D eigenvalue weighted by Crippen LogP contribution is 2.44. The largest absolute Gasteiger partial charge is 0.389 e. The molecule has 0 aliphatic heterocycles. The molecule has 1 rings (SSSR count). The molecular weight excluding hydrogens is 268 g/mol. The molecule has 1 aliphatic rings. The SMILES string of the molecule is CCCC/C=C\C[C@@H]1C[C@H]1C/C=C\C=C\[C@@H](O)CCCCC. The molecule has 1 nitrogen and oxygen atoms in total. The monoisotopic (exact) mass is 304 g/mol. The van der Waals surface area contributed by atoms with E-state index in [1.54, 1.807) is 0 Å². The summed E-state index contributed by atoms with van der Waals surface area (Å²) in [5.74, 6) is 1.82. The molecule has 0 aromatic heterocycles. The Labute approximate surface area is 138 Å². The Hall–Kier alpha value is -0.820. The van der Waals surface area contributed by atoms with Gasteiger partial charge in [0.25, 0.3) is 0 Å². The fourth-order valence-electron chi connectivity index (χ4n) is 2.82. The highest BCUT2D eigenvalue weighted by molar-refractivity contribution is 5.07. The maximum atomic E-state index is 9.77. The molecule has 22 heavy (non-hydrogen) atoms. The molecule has 0 heterocycles. The van der Waals surface area contributed by atoms with E-state index >= 15 is 0 Å². The number of hydrogen-bond acceptors (Lipinski definition) is 1. The van der Waals surface area contributed by atoms with Crippen LogP contribution in [0.15, 0.2) is 36.5 Å². The molecule has 1 N–H and O–H groups in total. The smallest absolute Gasteiger partial charge is 0.0723 e. The third-order valence-electron chi connectivity index (χ3n) is 4.52. The maximum Gasteiger partial charge on any atom is 0.0723 e. The van der Waals surface area contributed by atoms with Gasteiger partial charge in [-0.1, -0.05) is 82.4 Å². The average molecular weight is 305 g/mol. The summed E-state index contributed by atoms with van der Waals surface area (Å²) < 4.78 is 0. The molecule has 1 saturated carbocycles. The summed E-state index contributed by atoms with van der Waals surface area (Å²) in [4.78, 5) is 0. The van der Waals surface area contributed by atoms with E-state index in [4.69, 9.17) is 0 Å². The first-order chi connectivity index (χ1) is 10.8. The summed E-state index contributed by atoms with van der Waals surface area (Å²) in [7, 11) is 0. The lowest BCUT2D eigenvalue weighted by Gasteiger charge is -2.03. The molecule has 0 saturated heterocycles. The van der Waals surface area contributed by atoms with E-state index in [0.29, 0.717) is 0 Å². The number of aliphatic hydroxyl groups excluding tert-OH is 1. The Morgan fingerprint density at radius 3 is 2.36 bits per heavy atom. The Morgan fingerprint density at radius 2 is 1.64 bits per heavy atom.